The summed E-state index contributed by atoms with van der Waals surface area (Å²) in [5.74, 6) is 1.19. The molecule has 0 bridgehead atoms. The standard InChI is InChI=1S/C15H21NO3/c1-11-3-4-14(7-12(11)2)19-6-5-15(18)16-8-13(9-16)10-17/h3-4,7,13,17H,5-6,8-10H2,1-2H3. The van der Waals surface area contributed by atoms with Crippen molar-refractivity contribution in [2.75, 3.05) is 26.3 Å². The average Bonchev–Trinajstić information content (AvgIpc) is 2.32. The molecule has 1 aromatic carbocycles. The second-order valence-electron chi connectivity index (χ2n) is 5.19. The lowest BCUT2D eigenvalue weighted by molar-refractivity contribution is -0.138. The van der Waals surface area contributed by atoms with Crippen LogP contribution in [0.3, 0.4) is 0 Å². The van der Waals surface area contributed by atoms with Crippen molar-refractivity contribution < 1.29 is 14.6 Å². The van der Waals surface area contributed by atoms with E-state index in [9.17, 15) is 4.79 Å². The van der Waals surface area contributed by atoms with E-state index in [1.807, 2.05) is 25.1 Å². The Bertz CT molecular complexity index is 453. The number of aryl methyl sites for hydroxylation is 2. The number of nitrogens with zero attached hydrogens (tertiary/aromatic N) is 1. The minimum Gasteiger partial charge on any atom is -0.493 e. The molecule has 0 aliphatic carbocycles. The second-order valence-corrected chi connectivity index (χ2v) is 5.19. The third-order valence-electron chi connectivity index (χ3n) is 3.63. The van der Waals surface area contributed by atoms with E-state index in [0.717, 1.165) is 5.75 Å². The molecule has 1 N–H and O–H groups in total. The normalized spacial score (nSPS) is 15.2. The van der Waals surface area contributed by atoms with Crippen LogP contribution in [0, 0.1) is 19.8 Å². The van der Waals surface area contributed by atoms with E-state index in [1.165, 1.54) is 11.1 Å². The lowest BCUT2D eigenvalue weighted by Gasteiger charge is -2.38. The molecule has 1 heterocycles. The second kappa shape index (κ2) is 6.06. The van der Waals surface area contributed by atoms with E-state index in [2.05, 4.69) is 6.92 Å². The van der Waals surface area contributed by atoms with Crippen molar-refractivity contribution in [3.05, 3.63) is 29.3 Å². The molecule has 4 heteroatoms. The monoisotopic (exact) mass is 263 g/mol. The lowest BCUT2D eigenvalue weighted by atomic mass is 10.0. The van der Waals surface area contributed by atoms with Crippen molar-refractivity contribution in [2.45, 2.75) is 20.3 Å². The third kappa shape index (κ3) is 3.47. The van der Waals surface area contributed by atoms with Crippen LogP contribution in [0.4, 0.5) is 0 Å². The average molecular weight is 263 g/mol. The lowest BCUT2D eigenvalue weighted by Crippen LogP contribution is -2.51. The van der Waals surface area contributed by atoms with Gasteiger partial charge in [0.25, 0.3) is 0 Å². The Labute approximate surface area is 114 Å². The van der Waals surface area contributed by atoms with Crippen LogP contribution < -0.4 is 4.74 Å². The van der Waals surface area contributed by atoms with E-state index in [0.29, 0.717) is 26.1 Å². The van der Waals surface area contributed by atoms with Crippen LogP contribution in [0.2, 0.25) is 0 Å². The molecule has 1 saturated heterocycles. The van der Waals surface area contributed by atoms with Gasteiger partial charge in [0, 0.05) is 25.6 Å². The van der Waals surface area contributed by atoms with Gasteiger partial charge in [-0.15, -0.1) is 0 Å². The van der Waals surface area contributed by atoms with E-state index in [-0.39, 0.29) is 18.4 Å². The first-order chi connectivity index (χ1) is 9.10. The minimum absolute atomic E-state index is 0.105. The highest BCUT2D eigenvalue weighted by atomic mass is 16.5. The molecule has 0 unspecified atom stereocenters. The number of rotatable bonds is 5. The summed E-state index contributed by atoms with van der Waals surface area (Å²) in [7, 11) is 0. The molecule has 1 aliphatic heterocycles. The van der Waals surface area contributed by atoms with Gasteiger partial charge < -0.3 is 14.7 Å². The number of carbonyl (C=O) groups excluding carboxylic acids is 1. The van der Waals surface area contributed by atoms with Gasteiger partial charge in [-0.05, 0) is 37.1 Å². The maximum Gasteiger partial charge on any atom is 0.226 e. The fraction of sp³-hybridized carbons (Fsp3) is 0.533. The van der Waals surface area contributed by atoms with E-state index in [1.54, 1.807) is 4.90 Å². The van der Waals surface area contributed by atoms with Crippen molar-refractivity contribution in [1.82, 2.24) is 4.90 Å². The maximum atomic E-state index is 11.8. The highest BCUT2D eigenvalue weighted by molar-refractivity contribution is 5.77. The summed E-state index contributed by atoms with van der Waals surface area (Å²) in [5, 5.41) is 8.90. The fourth-order valence-corrected chi connectivity index (χ4v) is 2.11. The molecule has 0 saturated carbocycles. The van der Waals surface area contributed by atoms with Gasteiger partial charge in [0.05, 0.1) is 13.0 Å². The van der Waals surface area contributed by atoms with Crippen LogP contribution in [0.1, 0.15) is 17.5 Å². The van der Waals surface area contributed by atoms with Gasteiger partial charge in [0.2, 0.25) is 5.91 Å². The van der Waals surface area contributed by atoms with Crippen LogP contribution in [0.15, 0.2) is 18.2 Å². The minimum atomic E-state index is 0.105. The quantitative estimate of drug-likeness (QED) is 0.876. The van der Waals surface area contributed by atoms with Crippen molar-refractivity contribution in [3.63, 3.8) is 0 Å². The van der Waals surface area contributed by atoms with E-state index < -0.39 is 0 Å². The number of hydrogen-bond acceptors (Lipinski definition) is 3. The Hall–Kier alpha value is -1.55. The number of benzene rings is 1. The molecule has 1 amide bonds. The van der Waals surface area contributed by atoms with Gasteiger partial charge in [-0.25, -0.2) is 0 Å². The number of amides is 1. The first-order valence-corrected chi connectivity index (χ1v) is 6.69. The molecule has 19 heavy (non-hydrogen) atoms. The number of likely N-dealkylation sites (tertiary alicyclic amines) is 1. The van der Waals surface area contributed by atoms with E-state index >= 15 is 0 Å². The molecule has 0 atom stereocenters. The molecule has 1 fully saturated rings. The Morgan fingerprint density at radius 1 is 1.37 bits per heavy atom. The van der Waals surface area contributed by atoms with Crippen LogP contribution in [-0.2, 0) is 4.79 Å². The smallest absolute Gasteiger partial charge is 0.226 e. The zero-order valence-corrected chi connectivity index (χ0v) is 11.6. The summed E-state index contributed by atoms with van der Waals surface area (Å²) in [4.78, 5) is 13.5. The molecular formula is C15H21NO3. The predicted molar refractivity (Wildman–Crippen MR) is 73.2 cm³/mol. The number of hydrogen-bond donors (Lipinski definition) is 1. The molecule has 2 rings (SSSR count). The summed E-state index contributed by atoms with van der Waals surface area (Å²) in [5.41, 5.74) is 2.43. The van der Waals surface area contributed by atoms with E-state index in [4.69, 9.17) is 9.84 Å². The summed E-state index contributed by atoms with van der Waals surface area (Å²) in [6, 6.07) is 5.94. The summed E-state index contributed by atoms with van der Waals surface area (Å²) in [6.07, 6.45) is 0.394. The molecule has 4 nitrogen and oxygen atoms in total. The van der Waals surface area contributed by atoms with Crippen LogP contribution >= 0.6 is 0 Å². The Kier molecular flexibility index (Phi) is 4.43. The third-order valence-corrected chi connectivity index (χ3v) is 3.63. The number of aliphatic hydroxyl groups is 1. The predicted octanol–water partition coefficient (Wildman–Crippen LogP) is 1.52. The van der Waals surface area contributed by atoms with Crippen molar-refractivity contribution in [2.24, 2.45) is 5.92 Å². The molecule has 104 valence electrons. The van der Waals surface area contributed by atoms with Crippen LogP contribution in [0.5, 0.6) is 5.75 Å². The van der Waals surface area contributed by atoms with Crippen molar-refractivity contribution >= 4 is 5.91 Å². The summed E-state index contributed by atoms with van der Waals surface area (Å²) < 4.78 is 5.59. The number of aliphatic hydroxyl groups excluding tert-OH is 1. The zero-order valence-electron chi connectivity index (χ0n) is 11.6. The zero-order chi connectivity index (χ0) is 13.8. The highest BCUT2D eigenvalue weighted by Crippen LogP contribution is 2.18. The number of ether oxygens (including phenoxy) is 1. The Morgan fingerprint density at radius 2 is 2.11 bits per heavy atom. The van der Waals surface area contributed by atoms with Gasteiger partial charge in [-0.1, -0.05) is 6.07 Å². The Balaban J connectivity index is 1.71. The van der Waals surface area contributed by atoms with Crippen molar-refractivity contribution in [1.29, 1.82) is 0 Å². The van der Waals surface area contributed by atoms with Gasteiger partial charge in [0.15, 0.2) is 0 Å². The van der Waals surface area contributed by atoms with Crippen LogP contribution in [0.25, 0.3) is 0 Å². The van der Waals surface area contributed by atoms with Gasteiger partial charge in [0.1, 0.15) is 5.75 Å². The first-order valence-electron chi connectivity index (χ1n) is 6.69. The molecular weight excluding hydrogens is 242 g/mol. The van der Waals surface area contributed by atoms with Crippen LogP contribution in [-0.4, -0.2) is 42.2 Å². The SMILES string of the molecule is Cc1ccc(OCCC(=O)N2CC(CO)C2)cc1C. The molecule has 1 aromatic rings. The van der Waals surface area contributed by atoms with Gasteiger partial charge in [-0.3, -0.25) is 4.79 Å². The Morgan fingerprint density at radius 3 is 2.74 bits per heavy atom. The molecule has 0 aromatic heterocycles. The maximum absolute atomic E-state index is 11.8. The molecule has 1 aliphatic rings. The summed E-state index contributed by atoms with van der Waals surface area (Å²) in [6.45, 7) is 6.04. The largest absolute Gasteiger partial charge is 0.493 e. The molecule has 0 radical (unpaired) electrons. The topological polar surface area (TPSA) is 49.8 Å². The number of carbonyl (C=O) groups is 1. The summed E-state index contributed by atoms with van der Waals surface area (Å²) >= 11 is 0. The highest BCUT2D eigenvalue weighted by Gasteiger charge is 2.29. The molecule has 0 spiro atoms. The van der Waals surface area contributed by atoms with Crippen molar-refractivity contribution in [3.8, 4) is 5.75 Å². The van der Waals surface area contributed by atoms with Gasteiger partial charge >= 0.3 is 0 Å². The van der Waals surface area contributed by atoms with Gasteiger partial charge in [-0.2, -0.15) is 0 Å². The fourth-order valence-electron chi connectivity index (χ4n) is 2.11. The first kappa shape index (κ1) is 13.9.